The van der Waals surface area contributed by atoms with Crippen molar-refractivity contribution in [2.24, 2.45) is 13.0 Å². The number of amides is 1. The average Bonchev–Trinajstić information content (AvgIpc) is 3.29. The van der Waals surface area contributed by atoms with Crippen LogP contribution in [-0.4, -0.2) is 60.0 Å². The summed E-state index contributed by atoms with van der Waals surface area (Å²) in [5, 5.41) is 0. The summed E-state index contributed by atoms with van der Waals surface area (Å²) in [6.45, 7) is 8.10. The molecule has 1 aromatic heterocycles. The molecule has 2 rings (SSSR count). The van der Waals surface area contributed by atoms with Crippen LogP contribution >= 0.6 is 0 Å². The van der Waals surface area contributed by atoms with E-state index < -0.39 is 12.0 Å². The molecule has 1 aromatic rings. The molecule has 0 spiro atoms. The monoisotopic (exact) mass is 406 g/mol. The Bertz CT molecular complexity index is 762. The van der Waals surface area contributed by atoms with Gasteiger partial charge in [-0.3, -0.25) is 9.59 Å². The molecular formula is C22H34N2O5. The van der Waals surface area contributed by atoms with Gasteiger partial charge in [0.1, 0.15) is 5.69 Å². The fourth-order valence-electron chi connectivity index (χ4n) is 4.27. The lowest BCUT2D eigenvalue weighted by atomic mass is 9.98. The van der Waals surface area contributed by atoms with Gasteiger partial charge in [-0.25, -0.2) is 4.79 Å². The van der Waals surface area contributed by atoms with Gasteiger partial charge in [-0.1, -0.05) is 12.8 Å². The number of rotatable bonds is 9. The first-order valence-corrected chi connectivity index (χ1v) is 10.4. The summed E-state index contributed by atoms with van der Waals surface area (Å²) in [6.07, 6.45) is 3.85. The summed E-state index contributed by atoms with van der Waals surface area (Å²) in [4.78, 5) is 40.6. The average molecular weight is 407 g/mol. The van der Waals surface area contributed by atoms with E-state index in [-0.39, 0.29) is 24.2 Å². The maximum Gasteiger partial charge on any atom is 0.355 e. The number of esters is 1. The highest BCUT2D eigenvalue weighted by atomic mass is 16.5. The second kappa shape index (κ2) is 10.1. The Labute approximate surface area is 173 Å². The van der Waals surface area contributed by atoms with E-state index in [0.717, 1.165) is 25.7 Å². The molecule has 0 aromatic carbocycles. The van der Waals surface area contributed by atoms with Crippen LogP contribution in [0.25, 0.3) is 0 Å². The van der Waals surface area contributed by atoms with Crippen molar-refractivity contribution in [1.82, 2.24) is 9.47 Å². The normalized spacial score (nSPS) is 15.4. The minimum atomic E-state index is -0.631. The molecule has 1 fully saturated rings. The number of aromatic nitrogens is 1. The smallest absolute Gasteiger partial charge is 0.355 e. The Morgan fingerprint density at radius 1 is 1.21 bits per heavy atom. The molecule has 0 bridgehead atoms. The van der Waals surface area contributed by atoms with Crippen LogP contribution in [0.3, 0.4) is 0 Å². The molecule has 1 unspecified atom stereocenters. The largest absolute Gasteiger partial charge is 0.461 e. The minimum absolute atomic E-state index is 0.0184. The molecule has 0 N–H and O–H groups in total. The van der Waals surface area contributed by atoms with Gasteiger partial charge in [-0.2, -0.15) is 0 Å². The summed E-state index contributed by atoms with van der Waals surface area (Å²) < 4.78 is 12.0. The molecule has 1 amide bonds. The molecule has 0 aliphatic heterocycles. The second-order valence-corrected chi connectivity index (χ2v) is 7.76. The maximum atomic E-state index is 13.5. The highest BCUT2D eigenvalue weighted by Crippen LogP contribution is 2.29. The molecule has 162 valence electrons. The van der Waals surface area contributed by atoms with Crippen LogP contribution in [0, 0.1) is 19.8 Å². The number of ether oxygens (including phenoxy) is 2. The summed E-state index contributed by atoms with van der Waals surface area (Å²) in [5.41, 5.74) is 2.16. The lowest BCUT2D eigenvalue weighted by Crippen LogP contribution is -2.47. The Balaban J connectivity index is 2.36. The quantitative estimate of drug-likeness (QED) is 0.465. The maximum absolute atomic E-state index is 13.5. The van der Waals surface area contributed by atoms with E-state index in [1.54, 1.807) is 44.4 Å². The first kappa shape index (κ1) is 23.1. The first-order valence-electron chi connectivity index (χ1n) is 10.4. The lowest BCUT2D eigenvalue weighted by molar-refractivity contribution is -0.137. The first-order chi connectivity index (χ1) is 13.8. The predicted molar refractivity (Wildman–Crippen MR) is 110 cm³/mol. The molecule has 7 nitrogen and oxygen atoms in total. The fraction of sp³-hybridized carbons (Fsp3) is 0.682. The zero-order chi connectivity index (χ0) is 21.7. The number of methoxy groups -OCH3 is 1. The van der Waals surface area contributed by atoms with E-state index in [0.29, 0.717) is 35.7 Å². The summed E-state index contributed by atoms with van der Waals surface area (Å²) in [7, 11) is 3.34. The van der Waals surface area contributed by atoms with E-state index in [1.165, 1.54) is 0 Å². The Morgan fingerprint density at radius 3 is 2.38 bits per heavy atom. The van der Waals surface area contributed by atoms with Crippen LogP contribution in [0.2, 0.25) is 0 Å². The molecule has 1 saturated carbocycles. The van der Waals surface area contributed by atoms with E-state index in [2.05, 4.69) is 0 Å². The van der Waals surface area contributed by atoms with Gasteiger partial charge in [-0.15, -0.1) is 0 Å². The van der Waals surface area contributed by atoms with Crippen molar-refractivity contribution in [2.75, 3.05) is 26.9 Å². The third-order valence-electron chi connectivity index (χ3n) is 6.02. The third-order valence-corrected chi connectivity index (χ3v) is 6.02. The highest BCUT2D eigenvalue weighted by molar-refractivity contribution is 6.06. The third kappa shape index (κ3) is 4.71. The van der Waals surface area contributed by atoms with Crippen LogP contribution < -0.4 is 0 Å². The van der Waals surface area contributed by atoms with Gasteiger partial charge in [-0.05, 0) is 46.1 Å². The number of Topliss-reactive ketones (excluding diaryl/α,β-unsaturated/α-hetero) is 1. The van der Waals surface area contributed by atoms with Crippen molar-refractivity contribution < 1.29 is 23.9 Å². The molecule has 1 atom stereocenters. The number of nitrogens with zero attached hydrogens (tertiary/aromatic N) is 2. The van der Waals surface area contributed by atoms with Crippen molar-refractivity contribution in [3.05, 3.63) is 22.5 Å². The summed E-state index contributed by atoms with van der Waals surface area (Å²) in [5.74, 6) is -0.596. The molecule has 1 aliphatic rings. The Morgan fingerprint density at radius 2 is 1.83 bits per heavy atom. The van der Waals surface area contributed by atoms with E-state index in [9.17, 15) is 14.4 Å². The zero-order valence-corrected chi connectivity index (χ0v) is 18.5. The van der Waals surface area contributed by atoms with E-state index >= 15 is 0 Å². The molecule has 1 aliphatic carbocycles. The van der Waals surface area contributed by atoms with Crippen LogP contribution in [0.15, 0.2) is 0 Å². The van der Waals surface area contributed by atoms with Crippen LogP contribution in [-0.2, 0) is 21.3 Å². The van der Waals surface area contributed by atoms with Crippen molar-refractivity contribution >= 4 is 17.7 Å². The van der Waals surface area contributed by atoms with Gasteiger partial charge in [0, 0.05) is 37.9 Å². The number of carbonyl (C=O) groups is 3. The van der Waals surface area contributed by atoms with Crippen LogP contribution in [0.4, 0.5) is 0 Å². The van der Waals surface area contributed by atoms with Gasteiger partial charge in [0.2, 0.25) is 5.91 Å². The Kier molecular flexibility index (Phi) is 8.02. The number of hydrogen-bond donors (Lipinski definition) is 0. The number of carbonyl (C=O) groups excluding carboxylic acids is 3. The summed E-state index contributed by atoms with van der Waals surface area (Å²) in [6, 6.07) is -0.631. The van der Waals surface area contributed by atoms with Crippen molar-refractivity contribution in [2.45, 2.75) is 59.4 Å². The van der Waals surface area contributed by atoms with Crippen molar-refractivity contribution in [3.63, 3.8) is 0 Å². The van der Waals surface area contributed by atoms with Crippen molar-refractivity contribution in [3.8, 4) is 0 Å². The molecule has 1 heterocycles. The SMILES string of the molecule is CCOC(=O)c1c(C)c(C(=O)C(C)N(CCOC)C(=O)C2CCCC2)c(C)n1C. The highest BCUT2D eigenvalue weighted by Gasteiger charge is 2.35. The fourth-order valence-corrected chi connectivity index (χ4v) is 4.27. The molecule has 7 heteroatoms. The number of ketones is 1. The standard InChI is InChI=1S/C22H34N2O5/c1-7-29-22(27)19-14(2)18(15(3)23(19)5)20(25)16(4)24(12-13-28-6)21(26)17-10-8-9-11-17/h16-17H,7-13H2,1-6H3. The molecule has 0 radical (unpaired) electrons. The predicted octanol–water partition coefficient (Wildman–Crippen LogP) is 3.06. The van der Waals surface area contributed by atoms with Gasteiger partial charge in [0.05, 0.1) is 19.3 Å². The van der Waals surface area contributed by atoms with Gasteiger partial charge in [0.25, 0.3) is 0 Å². The minimum Gasteiger partial charge on any atom is -0.461 e. The summed E-state index contributed by atoms with van der Waals surface area (Å²) >= 11 is 0. The molecule has 29 heavy (non-hydrogen) atoms. The molecular weight excluding hydrogens is 372 g/mol. The lowest BCUT2D eigenvalue weighted by Gasteiger charge is -2.30. The van der Waals surface area contributed by atoms with Crippen LogP contribution in [0.1, 0.15) is 71.6 Å². The Hall–Kier alpha value is -2.15. The van der Waals surface area contributed by atoms with Crippen LogP contribution in [0.5, 0.6) is 0 Å². The van der Waals surface area contributed by atoms with E-state index in [4.69, 9.17) is 9.47 Å². The van der Waals surface area contributed by atoms with Gasteiger partial charge < -0.3 is 18.9 Å². The van der Waals surface area contributed by atoms with Gasteiger partial charge in [0.15, 0.2) is 5.78 Å². The zero-order valence-electron chi connectivity index (χ0n) is 18.5. The van der Waals surface area contributed by atoms with E-state index in [1.807, 2.05) is 6.92 Å². The number of hydrogen-bond acceptors (Lipinski definition) is 5. The second-order valence-electron chi connectivity index (χ2n) is 7.76. The molecule has 0 saturated heterocycles. The van der Waals surface area contributed by atoms with Crippen molar-refractivity contribution in [1.29, 1.82) is 0 Å². The van der Waals surface area contributed by atoms with Gasteiger partial charge >= 0.3 is 5.97 Å². The topological polar surface area (TPSA) is 77.8 Å².